The van der Waals surface area contributed by atoms with Gasteiger partial charge >= 0.3 is 5.97 Å². The van der Waals surface area contributed by atoms with Crippen LogP contribution in [0, 0.1) is 6.92 Å². The van der Waals surface area contributed by atoms with Gasteiger partial charge in [0, 0.05) is 23.1 Å². The molecule has 142 valence electrons. The molecule has 1 atom stereocenters. The lowest BCUT2D eigenvalue weighted by molar-refractivity contribution is 0.0437. The topological polar surface area (TPSA) is 110 Å². The second-order valence-electron chi connectivity index (χ2n) is 6.17. The van der Waals surface area contributed by atoms with Gasteiger partial charge in [0.15, 0.2) is 0 Å². The molecule has 9 heteroatoms. The maximum atomic E-state index is 12.5. The van der Waals surface area contributed by atoms with E-state index in [-0.39, 0.29) is 10.8 Å². The molecule has 4 rings (SSSR count). The van der Waals surface area contributed by atoms with E-state index in [0.29, 0.717) is 16.9 Å². The number of nitrogens with zero attached hydrogens (tertiary/aromatic N) is 2. The average Bonchev–Trinajstić information content (AvgIpc) is 2.98. The molecular weight excluding hydrogens is 380 g/mol. The molecule has 1 unspecified atom stereocenters. The number of anilines is 2. The molecule has 0 spiro atoms. The zero-order valence-electron chi connectivity index (χ0n) is 14.8. The van der Waals surface area contributed by atoms with Gasteiger partial charge in [0.1, 0.15) is 0 Å². The highest BCUT2D eigenvalue weighted by Crippen LogP contribution is 2.31. The third kappa shape index (κ3) is 3.52. The minimum Gasteiger partial charge on any atom is -0.434 e. The van der Waals surface area contributed by atoms with Crippen LogP contribution >= 0.6 is 0 Å². The van der Waals surface area contributed by atoms with Gasteiger partial charge in [0.05, 0.1) is 10.5 Å². The summed E-state index contributed by atoms with van der Waals surface area (Å²) in [6.07, 6.45) is 0.860. The van der Waals surface area contributed by atoms with Gasteiger partial charge in [-0.3, -0.25) is 0 Å². The third-order valence-electron chi connectivity index (χ3n) is 4.17. The summed E-state index contributed by atoms with van der Waals surface area (Å²) in [5.74, 6) is -0.383. The second kappa shape index (κ2) is 6.93. The summed E-state index contributed by atoms with van der Waals surface area (Å²) < 4.78 is 32.7. The van der Waals surface area contributed by atoms with E-state index in [4.69, 9.17) is 4.74 Å². The van der Waals surface area contributed by atoms with Crippen LogP contribution in [0.4, 0.5) is 11.6 Å². The van der Waals surface area contributed by atoms with Crippen LogP contribution in [0.2, 0.25) is 0 Å². The standard InChI is InChI=1S/C19H16N4O4S/c1-12-10-11-20-19(21-12)23-28(25,26)14-8-6-13(7-9-14)22-17-15-4-2-3-5-16(15)18(24)27-17/h2-11,17,22H,1H3,(H,20,21,23). The summed E-state index contributed by atoms with van der Waals surface area (Å²) in [5.41, 5.74) is 2.52. The summed E-state index contributed by atoms with van der Waals surface area (Å²) in [6.45, 7) is 1.74. The number of carbonyl (C=O) groups excluding carboxylic acids is 1. The predicted octanol–water partition coefficient (Wildman–Crippen LogP) is 2.87. The number of sulfonamides is 1. The third-order valence-corrected chi connectivity index (χ3v) is 5.51. The van der Waals surface area contributed by atoms with Crippen LogP contribution in [-0.4, -0.2) is 24.4 Å². The lowest BCUT2D eigenvalue weighted by atomic mass is 10.1. The van der Waals surface area contributed by atoms with E-state index < -0.39 is 22.2 Å². The van der Waals surface area contributed by atoms with E-state index >= 15 is 0 Å². The fourth-order valence-corrected chi connectivity index (χ4v) is 3.76. The van der Waals surface area contributed by atoms with Gasteiger partial charge in [0.25, 0.3) is 10.0 Å². The van der Waals surface area contributed by atoms with Crippen molar-refractivity contribution in [1.29, 1.82) is 0 Å². The fourth-order valence-electron chi connectivity index (χ4n) is 2.81. The van der Waals surface area contributed by atoms with Crippen LogP contribution in [0.5, 0.6) is 0 Å². The molecule has 2 N–H and O–H groups in total. The lowest BCUT2D eigenvalue weighted by Gasteiger charge is -2.15. The van der Waals surface area contributed by atoms with Crippen molar-refractivity contribution >= 4 is 27.6 Å². The van der Waals surface area contributed by atoms with Gasteiger partial charge in [-0.15, -0.1) is 0 Å². The largest absolute Gasteiger partial charge is 0.434 e. The molecule has 28 heavy (non-hydrogen) atoms. The molecule has 0 aliphatic carbocycles. The minimum absolute atomic E-state index is 0.0108. The lowest BCUT2D eigenvalue weighted by Crippen LogP contribution is -2.15. The first-order chi connectivity index (χ1) is 13.4. The molecule has 2 heterocycles. The zero-order chi connectivity index (χ0) is 19.7. The summed E-state index contributed by atoms with van der Waals surface area (Å²) in [7, 11) is -3.82. The van der Waals surface area contributed by atoms with E-state index in [1.54, 1.807) is 37.3 Å². The average molecular weight is 396 g/mol. The molecular formula is C19H16N4O4S. The van der Waals surface area contributed by atoms with Crippen LogP contribution in [-0.2, 0) is 14.8 Å². The Bertz CT molecular complexity index is 1150. The van der Waals surface area contributed by atoms with Gasteiger partial charge in [-0.05, 0) is 43.3 Å². The highest BCUT2D eigenvalue weighted by atomic mass is 32.2. The van der Waals surface area contributed by atoms with Crippen molar-refractivity contribution in [2.24, 2.45) is 0 Å². The van der Waals surface area contributed by atoms with Crippen molar-refractivity contribution in [3.63, 3.8) is 0 Å². The van der Waals surface area contributed by atoms with Crippen molar-refractivity contribution < 1.29 is 17.9 Å². The monoisotopic (exact) mass is 396 g/mol. The molecule has 1 aromatic heterocycles. The Morgan fingerprint density at radius 1 is 1.04 bits per heavy atom. The number of benzene rings is 2. The zero-order valence-corrected chi connectivity index (χ0v) is 15.6. The molecule has 1 aliphatic rings. The number of fused-ring (bicyclic) bond motifs is 1. The van der Waals surface area contributed by atoms with Gasteiger partial charge in [0.2, 0.25) is 12.2 Å². The summed E-state index contributed by atoms with van der Waals surface area (Å²) in [5, 5.41) is 3.08. The second-order valence-corrected chi connectivity index (χ2v) is 7.85. The number of hydrogen-bond acceptors (Lipinski definition) is 7. The number of hydrogen-bond donors (Lipinski definition) is 2. The number of cyclic esters (lactones) is 1. The Labute approximate surface area is 161 Å². The van der Waals surface area contributed by atoms with Gasteiger partial charge in [-0.25, -0.2) is 27.9 Å². The predicted molar refractivity (Wildman–Crippen MR) is 102 cm³/mol. The molecule has 0 bridgehead atoms. The Hall–Kier alpha value is -3.46. The molecule has 0 fully saturated rings. The van der Waals surface area contributed by atoms with Crippen LogP contribution in [0.1, 0.15) is 27.8 Å². The van der Waals surface area contributed by atoms with E-state index in [9.17, 15) is 13.2 Å². The Morgan fingerprint density at radius 2 is 1.79 bits per heavy atom. The maximum Gasteiger partial charge on any atom is 0.340 e. The van der Waals surface area contributed by atoms with Crippen LogP contribution in [0.25, 0.3) is 0 Å². The number of aryl methyl sites for hydroxylation is 1. The summed E-state index contributed by atoms with van der Waals surface area (Å²) >= 11 is 0. The van der Waals surface area contributed by atoms with Crippen LogP contribution < -0.4 is 10.0 Å². The van der Waals surface area contributed by atoms with Gasteiger partial charge in [-0.2, -0.15) is 0 Å². The number of nitrogens with one attached hydrogen (secondary N) is 2. The van der Waals surface area contributed by atoms with Gasteiger partial charge < -0.3 is 10.1 Å². The van der Waals surface area contributed by atoms with E-state index in [1.165, 1.54) is 18.3 Å². The first-order valence-corrected chi connectivity index (χ1v) is 9.90. The number of carbonyl (C=O) groups is 1. The minimum atomic E-state index is -3.82. The number of ether oxygens (including phenoxy) is 1. The number of rotatable bonds is 5. The SMILES string of the molecule is Cc1ccnc(NS(=O)(=O)c2ccc(NC3OC(=O)c4ccccc43)cc2)n1. The first kappa shape index (κ1) is 17.9. The van der Waals surface area contributed by atoms with Crippen LogP contribution in [0.3, 0.4) is 0 Å². The summed E-state index contributed by atoms with van der Waals surface area (Å²) in [4.78, 5) is 19.9. The molecule has 0 amide bonds. The molecule has 3 aromatic rings. The van der Waals surface area contributed by atoms with Crippen molar-refractivity contribution in [3.05, 3.63) is 77.6 Å². The molecule has 0 saturated heterocycles. The Kier molecular flexibility index (Phi) is 4.44. The fraction of sp³-hybridized carbons (Fsp3) is 0.105. The van der Waals surface area contributed by atoms with Crippen molar-refractivity contribution in [2.45, 2.75) is 18.0 Å². The number of esters is 1. The maximum absolute atomic E-state index is 12.5. The quantitative estimate of drug-likeness (QED) is 0.638. The first-order valence-electron chi connectivity index (χ1n) is 8.41. The van der Waals surface area contributed by atoms with Gasteiger partial charge in [-0.1, -0.05) is 18.2 Å². The molecule has 8 nitrogen and oxygen atoms in total. The normalized spacial score (nSPS) is 15.6. The van der Waals surface area contributed by atoms with E-state index in [1.807, 2.05) is 12.1 Å². The molecule has 1 aliphatic heterocycles. The van der Waals surface area contributed by atoms with Crippen molar-refractivity contribution in [2.75, 3.05) is 10.0 Å². The molecule has 0 radical (unpaired) electrons. The summed E-state index contributed by atoms with van der Waals surface area (Å²) in [6, 6.07) is 14.9. The van der Waals surface area contributed by atoms with Crippen LogP contribution in [0.15, 0.2) is 65.7 Å². The Morgan fingerprint density at radius 3 is 2.54 bits per heavy atom. The highest BCUT2D eigenvalue weighted by molar-refractivity contribution is 7.92. The molecule has 0 saturated carbocycles. The van der Waals surface area contributed by atoms with E-state index in [2.05, 4.69) is 20.0 Å². The number of aromatic nitrogens is 2. The van der Waals surface area contributed by atoms with Crippen molar-refractivity contribution in [3.8, 4) is 0 Å². The smallest absolute Gasteiger partial charge is 0.340 e. The molecule has 2 aromatic carbocycles. The van der Waals surface area contributed by atoms with E-state index in [0.717, 1.165) is 5.56 Å². The highest BCUT2D eigenvalue weighted by Gasteiger charge is 2.30. The van der Waals surface area contributed by atoms with Crippen molar-refractivity contribution in [1.82, 2.24) is 9.97 Å². The Balaban J connectivity index is 1.51.